The molecule has 0 amide bonds. The fourth-order valence-corrected chi connectivity index (χ4v) is 2.49. The summed E-state index contributed by atoms with van der Waals surface area (Å²) < 4.78 is 41.5. The van der Waals surface area contributed by atoms with Crippen LogP contribution in [0.15, 0.2) is 0 Å². The van der Waals surface area contributed by atoms with E-state index >= 15 is 0 Å². The number of halogens is 3. The molecule has 0 radical (unpaired) electrons. The van der Waals surface area contributed by atoms with E-state index in [2.05, 4.69) is 0 Å². The van der Waals surface area contributed by atoms with Crippen LogP contribution in [0, 0.1) is 0 Å². The number of carbonyl (C=O) groups excluding carboxylic acids is 1. The van der Waals surface area contributed by atoms with Gasteiger partial charge >= 0.3 is 12.1 Å². The van der Waals surface area contributed by atoms with E-state index in [1.54, 1.807) is 20.8 Å². The predicted molar refractivity (Wildman–Crippen MR) is 72.3 cm³/mol. The number of unbranched alkanes of at least 4 members (excludes halogenated alkanes) is 1. The number of rotatable bonds is 7. The van der Waals surface area contributed by atoms with E-state index in [1.165, 1.54) is 0 Å². The van der Waals surface area contributed by atoms with Crippen molar-refractivity contribution in [3.8, 4) is 0 Å². The van der Waals surface area contributed by atoms with Crippen LogP contribution in [0.1, 0.15) is 53.4 Å². The molecule has 19 heavy (non-hydrogen) atoms. The van der Waals surface area contributed by atoms with Gasteiger partial charge in [-0.25, -0.2) is 0 Å². The zero-order valence-electron chi connectivity index (χ0n) is 12.0. The first-order chi connectivity index (χ1) is 8.55. The van der Waals surface area contributed by atoms with Gasteiger partial charge in [0, 0.05) is 5.75 Å². The minimum absolute atomic E-state index is 0.100. The number of hydrogen-bond acceptors (Lipinski definition) is 3. The first-order valence-electron chi connectivity index (χ1n) is 6.46. The third-order valence-corrected chi connectivity index (χ3v) is 3.46. The van der Waals surface area contributed by atoms with Crippen molar-refractivity contribution in [1.82, 2.24) is 0 Å². The lowest BCUT2D eigenvalue weighted by atomic mass is 10.1. The Labute approximate surface area is 117 Å². The Morgan fingerprint density at radius 2 is 1.84 bits per heavy atom. The van der Waals surface area contributed by atoms with Crippen LogP contribution in [-0.4, -0.2) is 28.7 Å². The number of thioether (sulfide) groups is 1. The molecular weight excluding hydrogens is 277 g/mol. The Morgan fingerprint density at radius 1 is 1.26 bits per heavy atom. The molecule has 0 aliphatic rings. The van der Waals surface area contributed by atoms with Crippen LogP contribution < -0.4 is 0 Å². The summed E-state index contributed by atoms with van der Waals surface area (Å²) in [5.74, 6) is -0.509. The number of ether oxygens (including phenoxy) is 1. The minimum atomic E-state index is -4.17. The van der Waals surface area contributed by atoms with Crippen LogP contribution in [0.4, 0.5) is 13.2 Å². The first kappa shape index (κ1) is 18.6. The highest BCUT2D eigenvalue weighted by Crippen LogP contribution is 2.27. The van der Waals surface area contributed by atoms with Crippen LogP contribution in [0.5, 0.6) is 0 Å². The molecule has 1 unspecified atom stereocenters. The second-order valence-electron chi connectivity index (χ2n) is 5.40. The van der Waals surface area contributed by atoms with E-state index in [0.29, 0.717) is 6.42 Å². The van der Waals surface area contributed by atoms with E-state index in [-0.39, 0.29) is 5.75 Å². The molecule has 0 bridgehead atoms. The van der Waals surface area contributed by atoms with Gasteiger partial charge in [-0.15, -0.1) is 11.8 Å². The molecule has 0 fully saturated rings. The fourth-order valence-electron chi connectivity index (χ4n) is 1.34. The van der Waals surface area contributed by atoms with Crippen LogP contribution in [0.3, 0.4) is 0 Å². The smallest absolute Gasteiger partial charge is 0.389 e. The van der Waals surface area contributed by atoms with Crippen molar-refractivity contribution in [2.45, 2.75) is 70.4 Å². The lowest BCUT2D eigenvalue weighted by molar-refractivity contribution is -0.154. The zero-order chi connectivity index (χ0) is 15.1. The van der Waals surface area contributed by atoms with Crippen molar-refractivity contribution < 1.29 is 22.7 Å². The topological polar surface area (TPSA) is 26.3 Å². The zero-order valence-corrected chi connectivity index (χ0v) is 12.8. The normalized spacial score (nSPS) is 14.3. The van der Waals surface area contributed by atoms with Crippen molar-refractivity contribution in [3.63, 3.8) is 0 Å². The summed E-state index contributed by atoms with van der Waals surface area (Å²) >= 11 is 1.04. The van der Waals surface area contributed by atoms with Crippen molar-refractivity contribution >= 4 is 17.7 Å². The Hall–Kier alpha value is -0.390. The molecule has 0 aliphatic carbocycles. The summed E-state index contributed by atoms with van der Waals surface area (Å²) in [4.78, 5) is 11.9. The van der Waals surface area contributed by atoms with Crippen molar-refractivity contribution in [3.05, 3.63) is 0 Å². The number of alkyl halides is 3. The molecule has 1 atom stereocenters. The van der Waals surface area contributed by atoms with Gasteiger partial charge in [0.15, 0.2) is 0 Å². The lowest BCUT2D eigenvalue weighted by Crippen LogP contribution is -2.30. The lowest BCUT2D eigenvalue weighted by Gasteiger charge is -2.23. The molecule has 0 saturated heterocycles. The van der Waals surface area contributed by atoms with Gasteiger partial charge in [-0.3, -0.25) is 4.79 Å². The minimum Gasteiger partial charge on any atom is -0.459 e. The highest BCUT2D eigenvalue weighted by atomic mass is 32.2. The molecule has 0 aliphatic heterocycles. The highest BCUT2D eigenvalue weighted by molar-refractivity contribution is 8.00. The number of esters is 1. The Morgan fingerprint density at radius 3 is 2.26 bits per heavy atom. The molecule has 0 N–H and O–H groups in total. The third kappa shape index (κ3) is 11.2. The van der Waals surface area contributed by atoms with E-state index in [9.17, 15) is 18.0 Å². The van der Waals surface area contributed by atoms with Gasteiger partial charge in [0.05, 0.1) is 6.42 Å². The molecule has 0 aromatic carbocycles. The van der Waals surface area contributed by atoms with Crippen LogP contribution in [-0.2, 0) is 9.53 Å². The largest absolute Gasteiger partial charge is 0.459 e. The van der Waals surface area contributed by atoms with Gasteiger partial charge in [-0.2, -0.15) is 13.2 Å². The van der Waals surface area contributed by atoms with E-state index in [0.717, 1.165) is 24.6 Å². The maximum atomic E-state index is 12.1. The summed E-state index contributed by atoms with van der Waals surface area (Å²) in [6, 6.07) is 0. The maximum absolute atomic E-state index is 12.1. The van der Waals surface area contributed by atoms with Gasteiger partial charge in [0.1, 0.15) is 10.9 Å². The van der Waals surface area contributed by atoms with Crippen molar-refractivity contribution in [2.24, 2.45) is 0 Å². The summed E-state index contributed by atoms with van der Waals surface area (Å²) in [5.41, 5.74) is -0.605. The summed E-state index contributed by atoms with van der Waals surface area (Å²) in [6.07, 6.45) is -2.77. The van der Waals surface area contributed by atoms with Gasteiger partial charge in [-0.05, 0) is 27.2 Å². The van der Waals surface area contributed by atoms with Crippen LogP contribution in [0.2, 0.25) is 0 Å². The standard InChI is InChI=1S/C13H23F3O2S/c1-5-6-7-10(11(17)18-12(2,3)4)19-9-8-13(14,15)16/h10H,5-9H2,1-4H3. The van der Waals surface area contributed by atoms with Gasteiger partial charge in [0.25, 0.3) is 0 Å². The van der Waals surface area contributed by atoms with Gasteiger partial charge in [-0.1, -0.05) is 19.8 Å². The van der Waals surface area contributed by atoms with Crippen molar-refractivity contribution in [2.75, 3.05) is 5.75 Å². The third-order valence-electron chi connectivity index (χ3n) is 2.19. The fraction of sp³-hybridized carbons (Fsp3) is 0.923. The average molecular weight is 300 g/mol. The van der Waals surface area contributed by atoms with E-state index in [4.69, 9.17) is 4.74 Å². The molecule has 0 spiro atoms. The molecule has 114 valence electrons. The summed E-state index contributed by atoms with van der Waals surface area (Å²) in [6.45, 7) is 7.24. The molecular formula is C13H23F3O2S. The second kappa shape index (κ2) is 8.02. The van der Waals surface area contributed by atoms with Crippen molar-refractivity contribution in [1.29, 1.82) is 0 Å². The summed E-state index contributed by atoms with van der Waals surface area (Å²) in [7, 11) is 0. The predicted octanol–water partition coefficient (Wildman–Crippen LogP) is 4.57. The highest BCUT2D eigenvalue weighted by Gasteiger charge is 2.29. The van der Waals surface area contributed by atoms with E-state index < -0.39 is 29.4 Å². The number of hydrogen-bond donors (Lipinski definition) is 0. The van der Waals surface area contributed by atoms with Crippen LogP contribution in [0.25, 0.3) is 0 Å². The molecule has 6 heteroatoms. The Kier molecular flexibility index (Phi) is 7.86. The maximum Gasteiger partial charge on any atom is 0.389 e. The molecule has 0 aromatic heterocycles. The molecule has 2 nitrogen and oxygen atoms in total. The monoisotopic (exact) mass is 300 g/mol. The summed E-state index contributed by atoms with van der Waals surface area (Å²) in [5, 5.41) is -0.499. The van der Waals surface area contributed by atoms with E-state index in [1.807, 2.05) is 6.92 Å². The average Bonchev–Trinajstić information content (AvgIpc) is 2.18. The quantitative estimate of drug-likeness (QED) is 0.644. The second-order valence-corrected chi connectivity index (χ2v) is 6.71. The van der Waals surface area contributed by atoms with Gasteiger partial charge < -0.3 is 4.74 Å². The molecule has 0 saturated carbocycles. The Bertz CT molecular complexity index is 272. The number of carbonyl (C=O) groups is 1. The SMILES string of the molecule is CCCCC(SCCC(F)(F)F)C(=O)OC(C)(C)C. The molecule has 0 rings (SSSR count). The molecule has 0 heterocycles. The molecule has 0 aromatic rings. The van der Waals surface area contributed by atoms with Crippen LogP contribution >= 0.6 is 11.8 Å². The Balaban J connectivity index is 4.33. The van der Waals surface area contributed by atoms with Gasteiger partial charge in [0.2, 0.25) is 0 Å². The first-order valence-corrected chi connectivity index (χ1v) is 7.51.